The van der Waals surface area contributed by atoms with Gasteiger partial charge in [0.2, 0.25) is 10.0 Å². The molecule has 1 N–H and O–H groups in total. The molecule has 2 heterocycles. The van der Waals surface area contributed by atoms with Gasteiger partial charge in [-0.3, -0.25) is 9.40 Å². The first-order chi connectivity index (χ1) is 11.8. The second-order valence-electron chi connectivity index (χ2n) is 6.77. The summed E-state index contributed by atoms with van der Waals surface area (Å²) in [6, 6.07) is 7.95. The molecule has 0 amide bonds. The molecule has 0 atom stereocenters. The van der Waals surface area contributed by atoms with E-state index in [0.717, 1.165) is 40.7 Å². The molecule has 1 saturated carbocycles. The lowest BCUT2D eigenvalue weighted by Gasteiger charge is -2.14. The molecule has 6 nitrogen and oxygen atoms in total. The van der Waals surface area contributed by atoms with Crippen molar-refractivity contribution in [2.24, 2.45) is 7.05 Å². The Morgan fingerprint density at radius 3 is 2.60 bits per heavy atom. The summed E-state index contributed by atoms with van der Waals surface area (Å²) in [5.41, 5.74) is 5.47. The van der Waals surface area contributed by atoms with Crippen molar-refractivity contribution in [3.8, 4) is 11.4 Å². The molecule has 0 spiro atoms. The summed E-state index contributed by atoms with van der Waals surface area (Å²) in [4.78, 5) is 4.81. The van der Waals surface area contributed by atoms with Gasteiger partial charge in [0, 0.05) is 18.6 Å². The SMILES string of the molecule is Cc1cc2nc(-c3ccnn3C)cc(C3CC3)c2cc1NS(C)(=O)=O. The highest BCUT2D eigenvalue weighted by atomic mass is 32.2. The second kappa shape index (κ2) is 5.56. The summed E-state index contributed by atoms with van der Waals surface area (Å²) in [5.74, 6) is 0.520. The van der Waals surface area contributed by atoms with E-state index < -0.39 is 10.0 Å². The Hall–Kier alpha value is -2.41. The van der Waals surface area contributed by atoms with Crippen molar-refractivity contribution in [2.45, 2.75) is 25.7 Å². The molecule has 0 saturated heterocycles. The highest BCUT2D eigenvalue weighted by Crippen LogP contribution is 2.44. The molecule has 1 fully saturated rings. The van der Waals surface area contributed by atoms with Crippen LogP contribution < -0.4 is 4.72 Å². The second-order valence-corrected chi connectivity index (χ2v) is 8.52. The van der Waals surface area contributed by atoms with Crippen LogP contribution in [0.3, 0.4) is 0 Å². The Morgan fingerprint density at radius 1 is 1.24 bits per heavy atom. The number of benzene rings is 1. The van der Waals surface area contributed by atoms with Gasteiger partial charge in [-0.25, -0.2) is 13.4 Å². The maximum absolute atomic E-state index is 11.6. The first-order valence-corrected chi connectivity index (χ1v) is 10.1. The van der Waals surface area contributed by atoms with Crippen LogP contribution in [0.1, 0.15) is 29.9 Å². The summed E-state index contributed by atoms with van der Waals surface area (Å²) in [6.45, 7) is 1.89. The molecular weight excluding hydrogens is 336 g/mol. The maximum atomic E-state index is 11.6. The van der Waals surface area contributed by atoms with Crippen LogP contribution >= 0.6 is 0 Å². The monoisotopic (exact) mass is 356 g/mol. The van der Waals surface area contributed by atoms with Gasteiger partial charge in [0.05, 0.1) is 28.8 Å². The third-order valence-corrected chi connectivity index (χ3v) is 5.17. The van der Waals surface area contributed by atoms with E-state index in [2.05, 4.69) is 15.9 Å². The van der Waals surface area contributed by atoms with Crippen LogP contribution in [0.25, 0.3) is 22.3 Å². The molecule has 1 aromatic carbocycles. The third kappa shape index (κ3) is 3.11. The van der Waals surface area contributed by atoms with Gasteiger partial charge in [-0.05, 0) is 61.1 Å². The van der Waals surface area contributed by atoms with Gasteiger partial charge in [-0.2, -0.15) is 5.10 Å². The van der Waals surface area contributed by atoms with Gasteiger partial charge >= 0.3 is 0 Å². The van der Waals surface area contributed by atoms with E-state index in [1.807, 2.05) is 36.9 Å². The molecule has 130 valence electrons. The van der Waals surface area contributed by atoms with Crippen molar-refractivity contribution < 1.29 is 8.42 Å². The average molecular weight is 356 g/mol. The molecule has 0 aliphatic heterocycles. The molecule has 3 aromatic rings. The minimum atomic E-state index is -3.32. The van der Waals surface area contributed by atoms with Crippen LogP contribution in [-0.4, -0.2) is 29.4 Å². The Kier molecular flexibility index (Phi) is 3.57. The van der Waals surface area contributed by atoms with Gasteiger partial charge in [-0.1, -0.05) is 0 Å². The van der Waals surface area contributed by atoms with Crippen LogP contribution in [0.5, 0.6) is 0 Å². The molecular formula is C18H20N4O2S. The molecule has 2 aromatic heterocycles. The van der Waals surface area contributed by atoms with Gasteiger partial charge in [0.1, 0.15) is 0 Å². The zero-order chi connectivity index (χ0) is 17.8. The number of hydrogen-bond acceptors (Lipinski definition) is 4. The Balaban J connectivity index is 1.94. The van der Waals surface area contributed by atoms with Crippen LogP contribution in [0.4, 0.5) is 5.69 Å². The van der Waals surface area contributed by atoms with E-state index >= 15 is 0 Å². The number of fused-ring (bicyclic) bond motifs is 1. The average Bonchev–Trinajstić information content (AvgIpc) is 3.27. The quantitative estimate of drug-likeness (QED) is 0.779. The molecule has 0 radical (unpaired) electrons. The van der Waals surface area contributed by atoms with Crippen molar-refractivity contribution in [3.05, 3.63) is 41.6 Å². The number of aromatic nitrogens is 3. The topological polar surface area (TPSA) is 76.9 Å². The van der Waals surface area contributed by atoms with Crippen molar-refractivity contribution in [1.82, 2.24) is 14.8 Å². The first-order valence-electron chi connectivity index (χ1n) is 8.23. The van der Waals surface area contributed by atoms with E-state index in [1.165, 1.54) is 11.8 Å². The van der Waals surface area contributed by atoms with Gasteiger partial charge < -0.3 is 0 Å². The number of nitrogens with zero attached hydrogens (tertiary/aromatic N) is 3. The molecule has 4 rings (SSSR count). The standard InChI is InChI=1S/C18H20N4O2S/c1-11-8-16-14(10-15(11)21-25(3,23)24)13(12-4-5-12)9-17(20-16)18-6-7-19-22(18)2/h6-10,12,21H,4-5H2,1-3H3. The molecule has 7 heteroatoms. The van der Waals surface area contributed by atoms with Gasteiger partial charge in [-0.15, -0.1) is 0 Å². The lowest BCUT2D eigenvalue weighted by atomic mass is 10.0. The van der Waals surface area contributed by atoms with E-state index in [9.17, 15) is 8.42 Å². The van der Waals surface area contributed by atoms with Crippen molar-refractivity contribution in [1.29, 1.82) is 0 Å². The first kappa shape index (κ1) is 16.1. The van der Waals surface area contributed by atoms with Crippen molar-refractivity contribution >= 4 is 26.6 Å². The Bertz CT molecular complexity index is 1080. The summed E-state index contributed by atoms with van der Waals surface area (Å²) in [5, 5.41) is 5.25. The fourth-order valence-electron chi connectivity index (χ4n) is 3.20. The summed E-state index contributed by atoms with van der Waals surface area (Å²) < 4.78 is 27.7. The predicted octanol–water partition coefficient (Wildman–Crippen LogP) is 3.19. The molecule has 1 aliphatic carbocycles. The Morgan fingerprint density at radius 2 is 2.00 bits per heavy atom. The molecule has 25 heavy (non-hydrogen) atoms. The number of hydrogen-bond donors (Lipinski definition) is 1. The molecule has 1 aliphatic rings. The number of sulfonamides is 1. The summed E-state index contributed by atoms with van der Waals surface area (Å²) in [7, 11) is -1.41. The van der Waals surface area contributed by atoms with E-state index in [4.69, 9.17) is 4.98 Å². The van der Waals surface area contributed by atoms with E-state index in [-0.39, 0.29) is 0 Å². The predicted molar refractivity (Wildman–Crippen MR) is 99.1 cm³/mol. The smallest absolute Gasteiger partial charge is 0.229 e. The fourth-order valence-corrected chi connectivity index (χ4v) is 3.82. The van der Waals surface area contributed by atoms with Crippen LogP contribution in [0.15, 0.2) is 30.5 Å². The van der Waals surface area contributed by atoms with E-state index in [1.54, 1.807) is 6.20 Å². The zero-order valence-electron chi connectivity index (χ0n) is 14.4. The zero-order valence-corrected chi connectivity index (χ0v) is 15.3. The number of nitrogens with one attached hydrogen (secondary N) is 1. The van der Waals surface area contributed by atoms with Crippen LogP contribution in [0, 0.1) is 6.92 Å². The minimum absolute atomic E-state index is 0.520. The van der Waals surface area contributed by atoms with Crippen molar-refractivity contribution in [2.75, 3.05) is 11.0 Å². The Labute approximate surface area is 146 Å². The summed E-state index contributed by atoms with van der Waals surface area (Å²) in [6.07, 6.45) is 5.25. The highest BCUT2D eigenvalue weighted by Gasteiger charge is 2.27. The third-order valence-electron chi connectivity index (χ3n) is 4.58. The lowest BCUT2D eigenvalue weighted by molar-refractivity contribution is 0.607. The van der Waals surface area contributed by atoms with Crippen LogP contribution in [-0.2, 0) is 17.1 Å². The summed E-state index contributed by atoms with van der Waals surface area (Å²) >= 11 is 0. The lowest BCUT2D eigenvalue weighted by Crippen LogP contribution is -2.10. The van der Waals surface area contributed by atoms with Crippen molar-refractivity contribution in [3.63, 3.8) is 0 Å². The normalized spacial score (nSPS) is 14.8. The maximum Gasteiger partial charge on any atom is 0.229 e. The van der Waals surface area contributed by atoms with E-state index in [0.29, 0.717) is 11.6 Å². The highest BCUT2D eigenvalue weighted by molar-refractivity contribution is 7.92. The van der Waals surface area contributed by atoms with Gasteiger partial charge in [0.25, 0.3) is 0 Å². The fraction of sp³-hybridized carbons (Fsp3) is 0.333. The van der Waals surface area contributed by atoms with Crippen LogP contribution in [0.2, 0.25) is 0 Å². The number of rotatable bonds is 4. The number of anilines is 1. The molecule has 0 unspecified atom stereocenters. The van der Waals surface area contributed by atoms with Gasteiger partial charge in [0.15, 0.2) is 0 Å². The minimum Gasteiger partial charge on any atom is -0.283 e. The largest absolute Gasteiger partial charge is 0.283 e. The number of pyridine rings is 1. The number of aryl methyl sites for hydroxylation is 2. The molecule has 0 bridgehead atoms.